The molecule has 0 aliphatic carbocycles. The van der Waals surface area contributed by atoms with Crippen LogP contribution in [-0.4, -0.2) is 37.7 Å². The van der Waals surface area contributed by atoms with E-state index in [0.29, 0.717) is 17.0 Å². The maximum absolute atomic E-state index is 12.8. The molecule has 1 unspecified atom stereocenters. The third-order valence-electron chi connectivity index (χ3n) is 4.78. The molecular weight excluding hydrogens is 392 g/mol. The minimum Gasteiger partial charge on any atom is -0.481 e. The van der Waals surface area contributed by atoms with E-state index in [1.807, 2.05) is 30.3 Å². The van der Waals surface area contributed by atoms with Crippen LogP contribution in [0, 0.1) is 0 Å². The number of hydrogen-bond acceptors (Lipinski definition) is 5. The Morgan fingerprint density at radius 1 is 1.07 bits per heavy atom. The van der Waals surface area contributed by atoms with E-state index >= 15 is 0 Å². The fourth-order valence-electron chi connectivity index (χ4n) is 3.41. The number of hydrogen-bond donors (Lipinski definition) is 1. The summed E-state index contributed by atoms with van der Waals surface area (Å²) < 4.78 is 0. The van der Waals surface area contributed by atoms with E-state index in [-0.39, 0.29) is 24.8 Å². The maximum atomic E-state index is 12.8. The van der Waals surface area contributed by atoms with Crippen LogP contribution in [0.3, 0.4) is 0 Å². The van der Waals surface area contributed by atoms with Crippen LogP contribution in [-0.2, 0) is 9.59 Å². The van der Waals surface area contributed by atoms with Crippen molar-refractivity contribution in [3.63, 3.8) is 0 Å². The Kier molecular flexibility index (Phi) is 5.22. The molecule has 0 saturated heterocycles. The van der Waals surface area contributed by atoms with Crippen molar-refractivity contribution >= 4 is 40.2 Å². The molecule has 1 aromatic heterocycles. The first kappa shape index (κ1) is 19.0. The van der Waals surface area contributed by atoms with Gasteiger partial charge in [0.2, 0.25) is 5.91 Å². The first-order chi connectivity index (χ1) is 14.0. The van der Waals surface area contributed by atoms with Crippen LogP contribution in [0.1, 0.15) is 36.4 Å². The van der Waals surface area contributed by atoms with Crippen LogP contribution < -0.4 is 0 Å². The van der Waals surface area contributed by atoms with E-state index in [1.54, 1.807) is 24.5 Å². The molecule has 2 heterocycles. The van der Waals surface area contributed by atoms with Gasteiger partial charge < -0.3 is 5.11 Å². The molecule has 1 amide bonds. The summed E-state index contributed by atoms with van der Waals surface area (Å²) >= 11 is 5.98. The predicted octanol–water partition coefficient (Wildman–Crippen LogP) is 3.83. The topological polar surface area (TPSA) is 95.8 Å². The molecule has 1 aliphatic heterocycles. The molecule has 0 fully saturated rings. The number of rotatable bonds is 5. The van der Waals surface area contributed by atoms with Crippen molar-refractivity contribution in [3.8, 4) is 0 Å². The highest BCUT2D eigenvalue weighted by atomic mass is 35.5. The van der Waals surface area contributed by atoms with Gasteiger partial charge in [-0.1, -0.05) is 35.9 Å². The van der Waals surface area contributed by atoms with Gasteiger partial charge in [0.25, 0.3) is 0 Å². The van der Waals surface area contributed by atoms with Crippen LogP contribution in [0.5, 0.6) is 0 Å². The second-order valence-electron chi connectivity index (χ2n) is 6.68. The molecule has 0 spiro atoms. The van der Waals surface area contributed by atoms with Gasteiger partial charge in [-0.2, -0.15) is 5.10 Å². The fraction of sp³-hybridized carbons (Fsp3) is 0.190. The number of hydrazone groups is 1. The minimum absolute atomic E-state index is 0.125. The zero-order valence-electron chi connectivity index (χ0n) is 15.3. The van der Waals surface area contributed by atoms with Gasteiger partial charge in [0.1, 0.15) is 0 Å². The van der Waals surface area contributed by atoms with E-state index in [0.717, 1.165) is 22.4 Å². The average Bonchev–Trinajstić information content (AvgIpc) is 3.17. The number of aliphatic carboxylic acids is 1. The first-order valence-corrected chi connectivity index (χ1v) is 9.47. The largest absolute Gasteiger partial charge is 0.481 e. The molecule has 0 saturated carbocycles. The Morgan fingerprint density at radius 3 is 2.59 bits per heavy atom. The Hall–Kier alpha value is -3.32. The number of halogens is 1. The number of aromatic nitrogens is 2. The van der Waals surface area contributed by atoms with Gasteiger partial charge in [-0.3, -0.25) is 19.6 Å². The molecule has 3 aromatic rings. The van der Waals surface area contributed by atoms with Crippen molar-refractivity contribution in [2.45, 2.75) is 25.3 Å². The molecule has 29 heavy (non-hydrogen) atoms. The molecule has 1 atom stereocenters. The van der Waals surface area contributed by atoms with E-state index in [9.17, 15) is 9.59 Å². The highest BCUT2D eigenvalue weighted by molar-refractivity contribution is 6.30. The lowest BCUT2D eigenvalue weighted by Gasteiger charge is -2.22. The smallest absolute Gasteiger partial charge is 0.303 e. The predicted molar refractivity (Wildman–Crippen MR) is 109 cm³/mol. The molecule has 0 bridgehead atoms. The number of carboxylic acid groups (broad SMARTS) is 1. The van der Waals surface area contributed by atoms with Gasteiger partial charge in [0.15, 0.2) is 0 Å². The standard InChI is InChI=1S/C21H17ClN4O3/c22-14-6-4-13(5-7-14)17-12-18(26(25-17)19(27)8-9-20(28)29)15-2-1-3-16-21(15)24-11-10-23-16/h1-7,10-11,18H,8-9,12H2,(H,28,29). The van der Waals surface area contributed by atoms with Gasteiger partial charge >= 0.3 is 5.97 Å². The van der Waals surface area contributed by atoms with Crippen LogP contribution >= 0.6 is 11.6 Å². The minimum atomic E-state index is -1.02. The Labute approximate surface area is 171 Å². The fourth-order valence-corrected chi connectivity index (χ4v) is 3.54. The Balaban J connectivity index is 1.73. The lowest BCUT2D eigenvalue weighted by molar-refractivity contribution is -0.141. The maximum Gasteiger partial charge on any atom is 0.303 e. The number of carboxylic acids is 1. The van der Waals surface area contributed by atoms with Crippen LogP contribution in [0.25, 0.3) is 11.0 Å². The van der Waals surface area contributed by atoms with Crippen molar-refractivity contribution in [1.82, 2.24) is 15.0 Å². The number of para-hydroxylation sites is 1. The van der Waals surface area contributed by atoms with Crippen molar-refractivity contribution in [2.24, 2.45) is 5.10 Å². The van der Waals surface area contributed by atoms with Crippen molar-refractivity contribution in [1.29, 1.82) is 0 Å². The van der Waals surface area contributed by atoms with Gasteiger partial charge in [0.05, 0.1) is 29.2 Å². The highest BCUT2D eigenvalue weighted by Crippen LogP contribution is 2.36. The van der Waals surface area contributed by atoms with E-state index < -0.39 is 5.97 Å². The summed E-state index contributed by atoms with van der Waals surface area (Å²) in [6.45, 7) is 0. The third-order valence-corrected chi connectivity index (χ3v) is 5.04. The van der Waals surface area contributed by atoms with Crippen molar-refractivity contribution in [2.75, 3.05) is 0 Å². The number of carbonyl (C=O) groups is 2. The average molecular weight is 409 g/mol. The summed E-state index contributed by atoms with van der Waals surface area (Å²) in [4.78, 5) is 32.5. The molecule has 0 radical (unpaired) electrons. The lowest BCUT2D eigenvalue weighted by atomic mass is 9.97. The van der Waals surface area contributed by atoms with E-state index in [2.05, 4.69) is 15.1 Å². The molecule has 4 rings (SSSR count). The summed E-state index contributed by atoms with van der Waals surface area (Å²) in [7, 11) is 0. The van der Waals surface area contributed by atoms with Crippen LogP contribution in [0.4, 0.5) is 0 Å². The molecule has 1 N–H and O–H groups in total. The quantitative estimate of drug-likeness (QED) is 0.692. The van der Waals surface area contributed by atoms with Gasteiger partial charge in [-0.05, 0) is 23.8 Å². The molecule has 1 aliphatic rings. The van der Waals surface area contributed by atoms with Gasteiger partial charge in [-0.15, -0.1) is 0 Å². The van der Waals surface area contributed by atoms with Gasteiger partial charge in [-0.25, -0.2) is 5.01 Å². The van der Waals surface area contributed by atoms with E-state index in [1.165, 1.54) is 5.01 Å². The number of carbonyl (C=O) groups excluding carboxylic acids is 1. The normalized spacial score (nSPS) is 16.1. The zero-order valence-corrected chi connectivity index (χ0v) is 16.1. The molecule has 8 heteroatoms. The SMILES string of the molecule is O=C(O)CCC(=O)N1N=C(c2ccc(Cl)cc2)CC1c1cccc2nccnc12. The summed E-state index contributed by atoms with van der Waals surface area (Å²) in [5, 5.41) is 15.5. The highest BCUT2D eigenvalue weighted by Gasteiger charge is 2.34. The van der Waals surface area contributed by atoms with Gasteiger partial charge in [0, 0.05) is 35.8 Å². The zero-order chi connectivity index (χ0) is 20.4. The molecule has 2 aromatic carbocycles. The summed E-state index contributed by atoms with van der Waals surface area (Å²) in [5.41, 5.74) is 3.84. The summed E-state index contributed by atoms with van der Waals surface area (Å²) in [6, 6.07) is 12.5. The Morgan fingerprint density at radius 2 is 1.83 bits per heavy atom. The number of nitrogens with zero attached hydrogens (tertiary/aromatic N) is 4. The summed E-state index contributed by atoms with van der Waals surface area (Å²) in [6.07, 6.45) is 3.34. The van der Waals surface area contributed by atoms with Crippen molar-refractivity contribution < 1.29 is 14.7 Å². The monoisotopic (exact) mass is 408 g/mol. The first-order valence-electron chi connectivity index (χ1n) is 9.10. The number of benzene rings is 2. The van der Waals surface area contributed by atoms with Crippen molar-refractivity contribution in [3.05, 3.63) is 71.0 Å². The summed E-state index contributed by atoms with van der Waals surface area (Å²) in [5.74, 6) is -1.37. The lowest BCUT2D eigenvalue weighted by Crippen LogP contribution is -2.27. The molecular formula is C21H17ClN4O3. The third kappa shape index (κ3) is 3.95. The van der Waals surface area contributed by atoms with E-state index in [4.69, 9.17) is 16.7 Å². The second-order valence-corrected chi connectivity index (χ2v) is 7.11. The molecule has 146 valence electrons. The second kappa shape index (κ2) is 7.97. The number of fused-ring (bicyclic) bond motifs is 1. The Bertz CT molecular complexity index is 1110. The molecule has 7 nitrogen and oxygen atoms in total. The van der Waals surface area contributed by atoms with Crippen LogP contribution in [0.15, 0.2) is 60.0 Å². The number of amides is 1. The van der Waals surface area contributed by atoms with Crippen LogP contribution in [0.2, 0.25) is 5.02 Å².